The van der Waals surface area contributed by atoms with Crippen LogP contribution in [0.4, 0.5) is 26.3 Å². The number of halogens is 7. The number of hydrogen-bond donors (Lipinski definition) is 1. The molecular weight excluding hydrogens is 330 g/mol. The molecule has 0 unspecified atom stereocenters. The topological polar surface area (TPSA) is 28.7 Å². The molecular formula is C9H3BrF6N2. The van der Waals surface area contributed by atoms with Crippen molar-refractivity contribution in [3.63, 3.8) is 0 Å². The molecule has 9 heteroatoms. The molecule has 2 aromatic rings. The van der Waals surface area contributed by atoms with Crippen LogP contribution < -0.4 is 0 Å². The molecule has 0 bridgehead atoms. The Kier molecular flexibility index (Phi) is 2.84. The second-order valence-electron chi connectivity index (χ2n) is 3.44. The van der Waals surface area contributed by atoms with Gasteiger partial charge in [-0.05, 0) is 22.0 Å². The summed E-state index contributed by atoms with van der Waals surface area (Å²) in [5, 5.41) is 0. The average Bonchev–Trinajstić information content (AvgIpc) is 2.60. The van der Waals surface area contributed by atoms with Gasteiger partial charge in [0.2, 0.25) is 0 Å². The van der Waals surface area contributed by atoms with Crippen molar-refractivity contribution in [2.24, 2.45) is 0 Å². The maximum Gasteiger partial charge on any atom is 0.461 e. The number of alkyl halides is 5. The van der Waals surface area contributed by atoms with E-state index in [0.717, 1.165) is 12.1 Å². The number of aromatic amines is 1. The monoisotopic (exact) mass is 332 g/mol. The zero-order valence-corrected chi connectivity index (χ0v) is 9.83. The Balaban J connectivity index is 2.61. The van der Waals surface area contributed by atoms with E-state index in [-0.39, 0.29) is 15.5 Å². The van der Waals surface area contributed by atoms with Gasteiger partial charge in [-0.1, -0.05) is 0 Å². The number of benzene rings is 1. The van der Waals surface area contributed by atoms with Gasteiger partial charge in [0.25, 0.3) is 0 Å². The molecule has 1 aromatic heterocycles. The summed E-state index contributed by atoms with van der Waals surface area (Å²) in [6.07, 6.45) is -5.77. The molecule has 2 rings (SSSR count). The highest BCUT2D eigenvalue weighted by Gasteiger charge is 2.61. The third-order valence-electron chi connectivity index (χ3n) is 2.18. The van der Waals surface area contributed by atoms with Crippen LogP contribution in [0.15, 0.2) is 16.6 Å². The van der Waals surface area contributed by atoms with Gasteiger partial charge < -0.3 is 4.98 Å². The number of hydrogen-bond acceptors (Lipinski definition) is 1. The molecule has 2 nitrogen and oxygen atoms in total. The summed E-state index contributed by atoms with van der Waals surface area (Å²) < 4.78 is 75.3. The summed E-state index contributed by atoms with van der Waals surface area (Å²) in [5.41, 5.74) is -0.433. The van der Waals surface area contributed by atoms with E-state index in [1.165, 1.54) is 0 Å². The minimum atomic E-state index is -5.77. The molecule has 18 heavy (non-hydrogen) atoms. The van der Waals surface area contributed by atoms with E-state index < -0.39 is 23.7 Å². The van der Waals surface area contributed by atoms with Gasteiger partial charge in [-0.25, -0.2) is 9.37 Å². The standard InChI is InChI=1S/C9H3BrF6N2/c10-3-1-5-6(2-4(3)11)18-7(17-5)8(12,13)9(14,15)16/h1-2H,(H,17,18). The molecule has 0 fully saturated rings. The molecule has 0 amide bonds. The molecule has 0 spiro atoms. The molecule has 1 aromatic carbocycles. The second kappa shape index (κ2) is 3.87. The van der Waals surface area contributed by atoms with Crippen LogP contribution in [0.3, 0.4) is 0 Å². The summed E-state index contributed by atoms with van der Waals surface area (Å²) >= 11 is 2.78. The van der Waals surface area contributed by atoms with Crippen molar-refractivity contribution in [3.05, 3.63) is 28.2 Å². The van der Waals surface area contributed by atoms with Crippen LogP contribution in [0.5, 0.6) is 0 Å². The Morgan fingerprint density at radius 1 is 1.11 bits per heavy atom. The van der Waals surface area contributed by atoms with E-state index in [0.29, 0.717) is 0 Å². The third-order valence-corrected chi connectivity index (χ3v) is 2.79. The Labute approximate surface area is 104 Å². The van der Waals surface area contributed by atoms with Crippen molar-refractivity contribution in [1.82, 2.24) is 9.97 Å². The van der Waals surface area contributed by atoms with Gasteiger partial charge in [0.05, 0.1) is 15.5 Å². The van der Waals surface area contributed by atoms with Crippen LogP contribution >= 0.6 is 15.9 Å². The van der Waals surface area contributed by atoms with Crippen molar-refractivity contribution in [3.8, 4) is 0 Å². The Morgan fingerprint density at radius 3 is 2.28 bits per heavy atom. The minimum Gasteiger partial charge on any atom is -0.336 e. The Morgan fingerprint density at radius 2 is 1.72 bits per heavy atom. The van der Waals surface area contributed by atoms with Crippen LogP contribution in [0.1, 0.15) is 5.82 Å². The number of H-pyrrole nitrogens is 1. The van der Waals surface area contributed by atoms with Gasteiger partial charge in [-0.3, -0.25) is 0 Å². The van der Waals surface area contributed by atoms with Crippen molar-refractivity contribution in [1.29, 1.82) is 0 Å². The van der Waals surface area contributed by atoms with Gasteiger partial charge in [0, 0.05) is 6.07 Å². The van der Waals surface area contributed by atoms with Crippen molar-refractivity contribution in [2.75, 3.05) is 0 Å². The highest BCUT2D eigenvalue weighted by atomic mass is 79.9. The zero-order valence-electron chi connectivity index (χ0n) is 8.25. The van der Waals surface area contributed by atoms with Crippen molar-refractivity contribution >= 4 is 27.0 Å². The first-order chi connectivity index (χ1) is 8.13. The van der Waals surface area contributed by atoms with Gasteiger partial charge >= 0.3 is 12.1 Å². The lowest BCUT2D eigenvalue weighted by Gasteiger charge is -2.16. The minimum absolute atomic E-state index is 0.0802. The lowest BCUT2D eigenvalue weighted by Crippen LogP contribution is -2.34. The van der Waals surface area contributed by atoms with Crippen LogP contribution in [0.25, 0.3) is 11.0 Å². The first kappa shape index (κ1) is 13.2. The van der Waals surface area contributed by atoms with Crippen LogP contribution in [-0.2, 0) is 5.92 Å². The first-order valence-electron chi connectivity index (χ1n) is 4.42. The van der Waals surface area contributed by atoms with Gasteiger partial charge in [0.1, 0.15) is 5.82 Å². The smallest absolute Gasteiger partial charge is 0.336 e. The summed E-state index contributed by atoms with van der Waals surface area (Å²) in [6.45, 7) is 0. The van der Waals surface area contributed by atoms with E-state index in [9.17, 15) is 26.3 Å². The van der Waals surface area contributed by atoms with E-state index in [2.05, 4.69) is 20.9 Å². The molecule has 0 aliphatic heterocycles. The number of nitrogens with zero attached hydrogens (tertiary/aromatic N) is 1. The first-order valence-corrected chi connectivity index (χ1v) is 5.22. The van der Waals surface area contributed by atoms with Crippen LogP contribution in [0, 0.1) is 5.82 Å². The maximum atomic E-state index is 13.1. The normalized spacial score (nSPS) is 13.3. The van der Waals surface area contributed by atoms with E-state index in [4.69, 9.17) is 0 Å². The van der Waals surface area contributed by atoms with Crippen molar-refractivity contribution < 1.29 is 26.3 Å². The number of rotatable bonds is 1. The summed E-state index contributed by atoms with van der Waals surface area (Å²) in [4.78, 5) is 4.90. The summed E-state index contributed by atoms with van der Waals surface area (Å²) in [7, 11) is 0. The molecule has 0 saturated heterocycles. The predicted molar refractivity (Wildman–Crippen MR) is 53.7 cm³/mol. The Bertz CT molecular complexity index is 564. The maximum absolute atomic E-state index is 13.1. The highest BCUT2D eigenvalue weighted by Crippen LogP contribution is 2.43. The van der Waals surface area contributed by atoms with E-state index in [1.807, 2.05) is 0 Å². The lowest BCUT2D eigenvalue weighted by atomic mass is 10.3. The fourth-order valence-electron chi connectivity index (χ4n) is 1.29. The third kappa shape index (κ3) is 1.96. The second-order valence-corrected chi connectivity index (χ2v) is 4.30. The highest BCUT2D eigenvalue weighted by molar-refractivity contribution is 9.10. The van der Waals surface area contributed by atoms with Gasteiger partial charge in [-0.2, -0.15) is 22.0 Å². The number of fused-ring (bicyclic) bond motifs is 1. The van der Waals surface area contributed by atoms with E-state index in [1.54, 1.807) is 4.98 Å². The molecule has 0 aliphatic rings. The predicted octanol–water partition coefficient (Wildman–Crippen LogP) is 4.12. The number of nitrogens with one attached hydrogen (secondary N) is 1. The average molecular weight is 333 g/mol. The fourth-order valence-corrected chi connectivity index (χ4v) is 1.62. The zero-order chi connectivity index (χ0) is 13.7. The van der Waals surface area contributed by atoms with Gasteiger partial charge in [0.15, 0.2) is 5.82 Å². The molecule has 0 aliphatic carbocycles. The quantitative estimate of drug-likeness (QED) is 0.782. The van der Waals surface area contributed by atoms with E-state index >= 15 is 0 Å². The fraction of sp³-hybridized carbons (Fsp3) is 0.222. The summed E-state index contributed by atoms with van der Waals surface area (Å²) in [6, 6.07) is 1.79. The molecule has 1 N–H and O–H groups in total. The van der Waals surface area contributed by atoms with Crippen molar-refractivity contribution in [2.45, 2.75) is 12.1 Å². The largest absolute Gasteiger partial charge is 0.461 e. The Hall–Kier alpha value is -1.25. The SMILES string of the molecule is Fc1cc2[nH]c(C(F)(F)C(F)(F)F)nc2cc1Br. The number of aromatic nitrogens is 2. The molecule has 0 radical (unpaired) electrons. The van der Waals surface area contributed by atoms with Crippen LogP contribution in [0.2, 0.25) is 0 Å². The number of imidazole rings is 1. The molecule has 0 atom stereocenters. The van der Waals surface area contributed by atoms with Crippen LogP contribution in [-0.4, -0.2) is 16.1 Å². The summed E-state index contributed by atoms with van der Waals surface area (Å²) in [5.74, 6) is -7.48. The van der Waals surface area contributed by atoms with Gasteiger partial charge in [-0.15, -0.1) is 0 Å². The molecule has 1 heterocycles. The lowest BCUT2D eigenvalue weighted by molar-refractivity contribution is -0.292. The molecule has 98 valence electrons. The molecule has 0 saturated carbocycles.